The average Bonchev–Trinajstić information content (AvgIpc) is 2.80. The highest BCUT2D eigenvalue weighted by atomic mass is 16.4. The molecule has 1 heterocycles. The smallest absolute Gasteiger partial charge is 0.323 e. The summed E-state index contributed by atoms with van der Waals surface area (Å²) < 4.78 is 0. The predicted octanol–water partition coefficient (Wildman–Crippen LogP) is 1.69. The topological polar surface area (TPSA) is 66.6 Å². The Morgan fingerprint density at radius 3 is 2.72 bits per heavy atom. The molecular formula is C14H26N2O2. The fraction of sp³-hybridized carbons (Fsp3) is 0.929. The fourth-order valence-electron chi connectivity index (χ4n) is 3.54. The number of rotatable bonds is 4. The summed E-state index contributed by atoms with van der Waals surface area (Å²) in [5.41, 5.74) is 5.52. The van der Waals surface area contributed by atoms with Gasteiger partial charge in [0.25, 0.3) is 0 Å². The van der Waals surface area contributed by atoms with Gasteiger partial charge < -0.3 is 15.7 Å². The molecular weight excluding hydrogens is 228 g/mol. The van der Waals surface area contributed by atoms with Gasteiger partial charge in [-0.25, -0.2) is 0 Å². The average molecular weight is 254 g/mol. The molecule has 2 unspecified atom stereocenters. The van der Waals surface area contributed by atoms with E-state index in [0.717, 1.165) is 38.9 Å². The minimum atomic E-state index is -0.963. The van der Waals surface area contributed by atoms with Gasteiger partial charge in [-0.3, -0.25) is 4.79 Å². The van der Waals surface area contributed by atoms with Gasteiger partial charge in [0, 0.05) is 6.54 Å². The maximum atomic E-state index is 11.3. The lowest BCUT2D eigenvalue weighted by Gasteiger charge is -2.28. The lowest BCUT2D eigenvalue weighted by molar-refractivity contribution is -0.144. The summed E-state index contributed by atoms with van der Waals surface area (Å²) in [6, 6.07) is 0. The third-order valence-corrected chi connectivity index (χ3v) is 4.82. The van der Waals surface area contributed by atoms with Gasteiger partial charge in [-0.1, -0.05) is 20.3 Å². The summed E-state index contributed by atoms with van der Waals surface area (Å²) in [6.07, 6.45) is 4.74. The van der Waals surface area contributed by atoms with E-state index >= 15 is 0 Å². The second kappa shape index (κ2) is 4.82. The van der Waals surface area contributed by atoms with Crippen LogP contribution in [-0.2, 0) is 4.79 Å². The van der Waals surface area contributed by atoms with Crippen LogP contribution in [0.5, 0.6) is 0 Å². The first-order valence-electron chi connectivity index (χ1n) is 7.08. The van der Waals surface area contributed by atoms with Crippen molar-refractivity contribution in [1.29, 1.82) is 0 Å². The highest BCUT2D eigenvalue weighted by Crippen LogP contribution is 2.37. The largest absolute Gasteiger partial charge is 0.480 e. The highest BCUT2D eigenvalue weighted by molar-refractivity contribution is 5.79. The summed E-state index contributed by atoms with van der Waals surface area (Å²) in [4.78, 5) is 13.8. The molecule has 0 aromatic carbocycles. The van der Waals surface area contributed by atoms with Crippen molar-refractivity contribution >= 4 is 5.97 Å². The third kappa shape index (κ3) is 2.69. The van der Waals surface area contributed by atoms with E-state index < -0.39 is 11.5 Å². The first-order chi connectivity index (χ1) is 8.33. The Labute approximate surface area is 110 Å². The molecule has 2 atom stereocenters. The first kappa shape index (κ1) is 13.8. The fourth-order valence-corrected chi connectivity index (χ4v) is 3.54. The van der Waals surface area contributed by atoms with Crippen LogP contribution in [0.4, 0.5) is 0 Å². The molecule has 0 amide bonds. The monoisotopic (exact) mass is 254 g/mol. The van der Waals surface area contributed by atoms with Crippen LogP contribution >= 0.6 is 0 Å². The van der Waals surface area contributed by atoms with Crippen LogP contribution in [0.3, 0.4) is 0 Å². The Morgan fingerprint density at radius 2 is 2.17 bits per heavy atom. The zero-order chi connectivity index (χ0) is 13.4. The van der Waals surface area contributed by atoms with Gasteiger partial charge in [0.05, 0.1) is 0 Å². The number of carbonyl (C=O) groups is 1. The Kier molecular flexibility index (Phi) is 3.70. The lowest BCUT2D eigenvalue weighted by atomic mass is 9.85. The molecule has 104 valence electrons. The SMILES string of the molecule is CC1(C)CCN(CCC2CCCC2(N)C(=O)O)C1. The molecule has 1 saturated heterocycles. The van der Waals surface area contributed by atoms with Gasteiger partial charge in [0.2, 0.25) is 0 Å². The molecule has 0 spiro atoms. The second-order valence-corrected chi connectivity index (χ2v) is 6.91. The maximum Gasteiger partial charge on any atom is 0.323 e. The number of nitrogens with zero attached hydrogens (tertiary/aromatic N) is 1. The first-order valence-corrected chi connectivity index (χ1v) is 7.08. The maximum absolute atomic E-state index is 11.3. The van der Waals surface area contributed by atoms with Crippen molar-refractivity contribution in [2.75, 3.05) is 19.6 Å². The number of hydrogen-bond acceptors (Lipinski definition) is 3. The molecule has 3 N–H and O–H groups in total. The highest BCUT2D eigenvalue weighted by Gasteiger charge is 2.45. The summed E-state index contributed by atoms with van der Waals surface area (Å²) in [7, 11) is 0. The van der Waals surface area contributed by atoms with E-state index in [1.807, 2.05) is 0 Å². The van der Waals surface area contributed by atoms with Crippen molar-refractivity contribution in [2.24, 2.45) is 17.1 Å². The number of aliphatic carboxylic acids is 1. The second-order valence-electron chi connectivity index (χ2n) is 6.91. The number of hydrogen-bond donors (Lipinski definition) is 2. The molecule has 2 aliphatic rings. The van der Waals surface area contributed by atoms with Gasteiger partial charge in [0.1, 0.15) is 5.54 Å². The molecule has 4 nitrogen and oxygen atoms in total. The van der Waals surface area contributed by atoms with Crippen LogP contribution in [0.1, 0.15) is 46.0 Å². The van der Waals surface area contributed by atoms with E-state index in [1.54, 1.807) is 0 Å². The van der Waals surface area contributed by atoms with Crippen molar-refractivity contribution in [1.82, 2.24) is 4.90 Å². The van der Waals surface area contributed by atoms with Crippen LogP contribution in [-0.4, -0.2) is 41.1 Å². The van der Waals surface area contributed by atoms with Crippen molar-refractivity contribution in [3.63, 3.8) is 0 Å². The normalized spacial score (nSPS) is 36.1. The standard InChI is InChI=1S/C14H26N2O2/c1-13(2)7-9-16(10-13)8-5-11-4-3-6-14(11,15)12(17)18/h11H,3-10,15H2,1-2H3,(H,17,18). The Balaban J connectivity index is 1.85. The summed E-state index contributed by atoms with van der Waals surface area (Å²) in [5, 5.41) is 9.28. The zero-order valence-electron chi connectivity index (χ0n) is 11.6. The minimum absolute atomic E-state index is 0.152. The summed E-state index contributed by atoms with van der Waals surface area (Å²) in [5.74, 6) is -0.662. The molecule has 1 aliphatic heterocycles. The molecule has 1 saturated carbocycles. The van der Waals surface area contributed by atoms with Crippen LogP contribution in [0, 0.1) is 11.3 Å². The van der Waals surface area contributed by atoms with Crippen LogP contribution in [0.2, 0.25) is 0 Å². The van der Waals surface area contributed by atoms with E-state index in [-0.39, 0.29) is 5.92 Å². The van der Waals surface area contributed by atoms with Crippen LogP contribution in [0.15, 0.2) is 0 Å². The number of likely N-dealkylation sites (tertiary alicyclic amines) is 1. The molecule has 18 heavy (non-hydrogen) atoms. The van der Waals surface area contributed by atoms with Gasteiger partial charge in [-0.15, -0.1) is 0 Å². The Hall–Kier alpha value is -0.610. The predicted molar refractivity (Wildman–Crippen MR) is 71.4 cm³/mol. The molecule has 0 bridgehead atoms. The van der Waals surface area contributed by atoms with Gasteiger partial charge in [0.15, 0.2) is 0 Å². The molecule has 2 rings (SSSR count). The van der Waals surface area contributed by atoms with Crippen molar-refractivity contribution in [3.8, 4) is 0 Å². The number of carboxylic acid groups (broad SMARTS) is 1. The molecule has 4 heteroatoms. The number of carboxylic acids is 1. The van der Waals surface area contributed by atoms with Crippen molar-refractivity contribution in [3.05, 3.63) is 0 Å². The molecule has 0 aromatic heterocycles. The van der Waals surface area contributed by atoms with Crippen LogP contribution < -0.4 is 5.73 Å². The number of nitrogens with two attached hydrogens (primary N) is 1. The van der Waals surface area contributed by atoms with E-state index in [0.29, 0.717) is 11.8 Å². The molecule has 0 aromatic rings. The van der Waals surface area contributed by atoms with E-state index in [9.17, 15) is 9.90 Å². The summed E-state index contributed by atoms with van der Waals surface area (Å²) in [6.45, 7) is 7.87. The molecule has 1 aliphatic carbocycles. The third-order valence-electron chi connectivity index (χ3n) is 4.82. The van der Waals surface area contributed by atoms with E-state index in [4.69, 9.17) is 5.73 Å². The van der Waals surface area contributed by atoms with Gasteiger partial charge >= 0.3 is 5.97 Å². The Morgan fingerprint density at radius 1 is 1.44 bits per heavy atom. The van der Waals surface area contributed by atoms with Gasteiger partial charge in [-0.2, -0.15) is 0 Å². The molecule has 2 fully saturated rings. The zero-order valence-corrected chi connectivity index (χ0v) is 11.6. The Bertz CT molecular complexity index is 330. The van der Waals surface area contributed by atoms with Gasteiger partial charge in [-0.05, 0) is 50.1 Å². The van der Waals surface area contributed by atoms with E-state index in [2.05, 4.69) is 18.7 Å². The lowest BCUT2D eigenvalue weighted by Crippen LogP contribution is -2.51. The van der Waals surface area contributed by atoms with E-state index in [1.165, 1.54) is 6.42 Å². The minimum Gasteiger partial charge on any atom is -0.480 e. The van der Waals surface area contributed by atoms with Crippen molar-refractivity contribution < 1.29 is 9.90 Å². The van der Waals surface area contributed by atoms with Crippen LogP contribution in [0.25, 0.3) is 0 Å². The summed E-state index contributed by atoms with van der Waals surface area (Å²) >= 11 is 0. The quantitative estimate of drug-likeness (QED) is 0.801. The molecule has 0 radical (unpaired) electrons. The van der Waals surface area contributed by atoms with Crippen molar-refractivity contribution in [2.45, 2.75) is 51.5 Å².